The molecule has 0 amide bonds. The summed E-state index contributed by atoms with van der Waals surface area (Å²) >= 11 is 0. The van der Waals surface area contributed by atoms with Crippen molar-refractivity contribution in [2.24, 2.45) is 46.8 Å². The maximum Gasteiger partial charge on any atom is 0.335 e. The summed E-state index contributed by atoms with van der Waals surface area (Å²) in [6, 6.07) is 0. The fourth-order valence-electron chi connectivity index (χ4n) is 8.96. The molecule has 1 aliphatic heterocycles. The van der Waals surface area contributed by atoms with Gasteiger partial charge in [0.2, 0.25) is 0 Å². The van der Waals surface area contributed by atoms with Gasteiger partial charge in [-0.3, -0.25) is 9.59 Å². The van der Waals surface area contributed by atoms with Crippen LogP contribution in [0.1, 0.15) is 58.8 Å². The standard InChI is InChI=1S/C27H40O10/c1-11-7-15-16-5-6-17(19(30)10-36-26-23(33)21(31)22(32)24(37-26)25(34)35)27(16,2)9-18(29)20(15)13-4-3-12(28)8-14(11)13/h11-17,20-24,26,28,31-33H,3-10H2,1-2H3,(H,34,35)/t11-,12+,13-,14-,15-,16-,17+,20+,21-,22-,23+,24-,26?,27-/m0/s1. The third-order valence-corrected chi connectivity index (χ3v) is 10.7. The van der Waals surface area contributed by atoms with E-state index in [1.165, 1.54) is 0 Å². The Hall–Kier alpha value is -1.43. The maximum absolute atomic E-state index is 13.6. The molecule has 208 valence electrons. The first-order valence-corrected chi connectivity index (χ1v) is 13.7. The monoisotopic (exact) mass is 524 g/mol. The van der Waals surface area contributed by atoms with Crippen molar-refractivity contribution in [1.29, 1.82) is 0 Å². The summed E-state index contributed by atoms with van der Waals surface area (Å²) in [5, 5.41) is 49.5. The van der Waals surface area contributed by atoms with Crippen molar-refractivity contribution < 1.29 is 49.4 Å². The molecule has 14 atom stereocenters. The van der Waals surface area contributed by atoms with Gasteiger partial charge in [-0.1, -0.05) is 13.8 Å². The number of aliphatic hydroxyl groups is 4. The SMILES string of the molecule is C[C@H]1C[C@@H]2[C@H](C(=O)C[C@]3(C)[C@@H](C(=O)COC4O[C@H](C(=O)O)[C@@H](O)[C@H](O)[C@H]4O)CC[C@@H]23)[C@H]2CC[C@@H](O)C[C@H]21. The summed E-state index contributed by atoms with van der Waals surface area (Å²) < 4.78 is 10.6. The maximum atomic E-state index is 13.6. The number of fused-ring (bicyclic) bond motifs is 5. The molecule has 10 nitrogen and oxygen atoms in total. The van der Waals surface area contributed by atoms with Crippen LogP contribution in [0.3, 0.4) is 0 Å². The Balaban J connectivity index is 1.28. The smallest absolute Gasteiger partial charge is 0.335 e. The lowest BCUT2D eigenvalue weighted by Crippen LogP contribution is -2.60. The minimum Gasteiger partial charge on any atom is -0.479 e. The minimum absolute atomic E-state index is 0.00327. The van der Waals surface area contributed by atoms with Crippen LogP contribution in [0.2, 0.25) is 0 Å². The molecule has 0 aromatic rings. The van der Waals surface area contributed by atoms with Crippen molar-refractivity contribution in [2.45, 2.75) is 95.6 Å². The second kappa shape index (κ2) is 9.95. The number of aliphatic hydroxyl groups excluding tert-OH is 4. The number of Topliss-reactive ketones (excluding diaryl/α,β-unsaturated/α-hetero) is 2. The number of aliphatic carboxylic acids is 1. The third-order valence-electron chi connectivity index (χ3n) is 10.7. The van der Waals surface area contributed by atoms with E-state index in [1.54, 1.807) is 0 Å². The van der Waals surface area contributed by atoms with E-state index in [2.05, 4.69) is 6.92 Å². The molecule has 5 aliphatic rings. The fraction of sp³-hybridized carbons (Fsp3) is 0.889. The summed E-state index contributed by atoms with van der Waals surface area (Å²) in [7, 11) is 0. The zero-order valence-electron chi connectivity index (χ0n) is 21.4. The molecule has 0 aromatic heterocycles. The van der Waals surface area contributed by atoms with E-state index in [0.29, 0.717) is 30.6 Å². The first-order valence-electron chi connectivity index (χ1n) is 13.7. The summed E-state index contributed by atoms with van der Waals surface area (Å²) in [6.07, 6.45) is -3.85. The molecular formula is C27H40O10. The molecule has 0 bridgehead atoms. The Bertz CT molecular complexity index is 923. The Morgan fingerprint density at radius 2 is 1.70 bits per heavy atom. The van der Waals surface area contributed by atoms with Crippen LogP contribution in [0.15, 0.2) is 0 Å². The van der Waals surface area contributed by atoms with Crippen LogP contribution in [-0.2, 0) is 23.9 Å². The molecular weight excluding hydrogens is 484 g/mol. The Morgan fingerprint density at radius 3 is 2.41 bits per heavy atom. The number of ketones is 2. The second-order valence-corrected chi connectivity index (χ2v) is 12.6. The first kappa shape index (κ1) is 27.1. The highest BCUT2D eigenvalue weighted by atomic mass is 16.7. The first-order chi connectivity index (χ1) is 17.4. The second-order valence-electron chi connectivity index (χ2n) is 12.6. The number of hydrogen-bond acceptors (Lipinski definition) is 9. The molecule has 10 heteroatoms. The zero-order valence-corrected chi connectivity index (χ0v) is 21.4. The molecule has 0 radical (unpaired) electrons. The van der Waals surface area contributed by atoms with Crippen LogP contribution in [0.5, 0.6) is 0 Å². The predicted octanol–water partition coefficient (Wildman–Crippen LogP) is 0.519. The third kappa shape index (κ3) is 4.47. The van der Waals surface area contributed by atoms with Gasteiger partial charge in [0.1, 0.15) is 30.7 Å². The average molecular weight is 525 g/mol. The van der Waals surface area contributed by atoms with E-state index in [1.807, 2.05) is 6.92 Å². The number of rotatable bonds is 5. The quantitative estimate of drug-likeness (QED) is 0.341. The molecule has 0 aromatic carbocycles. The van der Waals surface area contributed by atoms with Crippen molar-refractivity contribution in [3.63, 3.8) is 0 Å². The highest BCUT2D eigenvalue weighted by Crippen LogP contribution is 2.64. The summed E-state index contributed by atoms with van der Waals surface area (Å²) in [5.41, 5.74) is -0.495. The normalized spacial score (nSPS) is 51.6. The van der Waals surface area contributed by atoms with E-state index in [0.717, 1.165) is 32.1 Å². The van der Waals surface area contributed by atoms with E-state index >= 15 is 0 Å². The summed E-state index contributed by atoms with van der Waals surface area (Å²) in [6.45, 7) is 3.82. The molecule has 5 N–H and O–H groups in total. The van der Waals surface area contributed by atoms with Gasteiger partial charge in [0, 0.05) is 18.3 Å². The molecule has 0 spiro atoms. The van der Waals surface area contributed by atoms with Gasteiger partial charge in [-0.15, -0.1) is 0 Å². The Kier molecular flexibility index (Phi) is 7.30. The van der Waals surface area contributed by atoms with Gasteiger partial charge in [0.05, 0.1) is 6.10 Å². The number of carboxylic acids is 1. The largest absolute Gasteiger partial charge is 0.479 e. The van der Waals surface area contributed by atoms with E-state index in [9.17, 15) is 39.9 Å². The van der Waals surface area contributed by atoms with Gasteiger partial charge in [0.15, 0.2) is 18.2 Å². The Labute approximate surface area is 216 Å². The summed E-state index contributed by atoms with van der Waals surface area (Å²) in [4.78, 5) is 38.4. The van der Waals surface area contributed by atoms with Gasteiger partial charge in [0.25, 0.3) is 0 Å². The van der Waals surface area contributed by atoms with Crippen LogP contribution < -0.4 is 0 Å². The van der Waals surface area contributed by atoms with Gasteiger partial charge in [-0.2, -0.15) is 0 Å². The molecule has 5 rings (SSSR count). The number of hydrogen-bond donors (Lipinski definition) is 5. The van der Waals surface area contributed by atoms with Crippen LogP contribution in [0.25, 0.3) is 0 Å². The van der Waals surface area contributed by atoms with Crippen molar-refractivity contribution in [3.8, 4) is 0 Å². The molecule has 1 heterocycles. The van der Waals surface area contributed by atoms with Crippen molar-refractivity contribution in [2.75, 3.05) is 6.61 Å². The fourth-order valence-corrected chi connectivity index (χ4v) is 8.96. The number of carboxylic acid groups (broad SMARTS) is 1. The molecule has 1 saturated heterocycles. The molecule has 4 aliphatic carbocycles. The van der Waals surface area contributed by atoms with Gasteiger partial charge >= 0.3 is 5.97 Å². The lowest BCUT2D eigenvalue weighted by atomic mass is 9.47. The van der Waals surface area contributed by atoms with E-state index < -0.39 is 54.6 Å². The molecule has 37 heavy (non-hydrogen) atoms. The van der Waals surface area contributed by atoms with Crippen LogP contribution in [0, 0.1) is 46.8 Å². The molecule has 5 fully saturated rings. The molecule has 4 saturated carbocycles. The van der Waals surface area contributed by atoms with Crippen molar-refractivity contribution in [3.05, 3.63) is 0 Å². The number of carbonyl (C=O) groups excluding carboxylic acids is 2. The highest BCUT2D eigenvalue weighted by Gasteiger charge is 2.62. The lowest BCUT2D eigenvalue weighted by molar-refractivity contribution is -0.292. The van der Waals surface area contributed by atoms with Crippen molar-refractivity contribution in [1.82, 2.24) is 0 Å². The minimum atomic E-state index is -1.83. The van der Waals surface area contributed by atoms with E-state index in [-0.39, 0.29) is 35.4 Å². The zero-order chi connectivity index (χ0) is 26.8. The average Bonchev–Trinajstić information content (AvgIpc) is 3.18. The topological polar surface area (TPSA) is 171 Å². The summed E-state index contributed by atoms with van der Waals surface area (Å²) in [5.74, 6) is -0.357. The van der Waals surface area contributed by atoms with Crippen LogP contribution in [0.4, 0.5) is 0 Å². The van der Waals surface area contributed by atoms with Crippen LogP contribution >= 0.6 is 0 Å². The van der Waals surface area contributed by atoms with Crippen LogP contribution in [-0.4, -0.2) is 86.5 Å². The molecule has 1 unspecified atom stereocenters. The van der Waals surface area contributed by atoms with E-state index in [4.69, 9.17) is 9.47 Å². The highest BCUT2D eigenvalue weighted by molar-refractivity contribution is 5.88. The Morgan fingerprint density at radius 1 is 0.973 bits per heavy atom. The van der Waals surface area contributed by atoms with Gasteiger partial charge in [-0.05, 0) is 73.5 Å². The lowest BCUT2D eigenvalue weighted by Gasteiger charge is -2.56. The number of carbonyl (C=O) groups is 3. The van der Waals surface area contributed by atoms with Crippen molar-refractivity contribution >= 4 is 17.5 Å². The van der Waals surface area contributed by atoms with Gasteiger partial charge in [-0.25, -0.2) is 4.79 Å². The number of ether oxygens (including phenoxy) is 2. The predicted molar refractivity (Wildman–Crippen MR) is 127 cm³/mol. The van der Waals surface area contributed by atoms with Gasteiger partial charge < -0.3 is 35.0 Å².